The third kappa shape index (κ3) is 4.15. The third-order valence-electron chi connectivity index (χ3n) is 4.95. The van der Waals surface area contributed by atoms with E-state index in [9.17, 15) is 4.79 Å². The van der Waals surface area contributed by atoms with Gasteiger partial charge in [0.1, 0.15) is 12.1 Å². The van der Waals surface area contributed by atoms with Gasteiger partial charge in [-0.1, -0.05) is 0 Å². The minimum absolute atomic E-state index is 0.257. The lowest BCUT2D eigenvalue weighted by Gasteiger charge is -2.32. The first-order chi connectivity index (χ1) is 13.6. The summed E-state index contributed by atoms with van der Waals surface area (Å²) in [5.74, 6) is 0.765. The van der Waals surface area contributed by atoms with Crippen LogP contribution in [0.3, 0.4) is 0 Å². The van der Waals surface area contributed by atoms with Crippen LogP contribution in [0.5, 0.6) is 5.88 Å². The number of carbonyl (C=O) groups excluding carboxylic acids is 1. The van der Waals surface area contributed by atoms with Gasteiger partial charge in [-0.25, -0.2) is 4.98 Å². The van der Waals surface area contributed by atoms with Crippen molar-refractivity contribution in [1.29, 1.82) is 0 Å². The molecule has 3 aromatic rings. The maximum Gasteiger partial charge on any atom is 0.260 e. The summed E-state index contributed by atoms with van der Waals surface area (Å²) in [5.41, 5.74) is 1.84. The fourth-order valence-corrected chi connectivity index (χ4v) is 3.25. The monoisotopic (exact) mass is 383 g/mol. The van der Waals surface area contributed by atoms with Crippen LogP contribution in [-0.4, -0.2) is 81.8 Å². The van der Waals surface area contributed by atoms with Gasteiger partial charge in [-0.05, 0) is 13.1 Å². The van der Waals surface area contributed by atoms with Crippen LogP contribution in [0.2, 0.25) is 0 Å². The van der Waals surface area contributed by atoms with E-state index in [0.717, 1.165) is 38.2 Å². The molecular formula is C19H25N7O2. The Hall–Kier alpha value is -2.91. The first kappa shape index (κ1) is 18.5. The molecule has 1 amide bonds. The molecule has 0 atom stereocenters. The standard InChI is InChI=1S/C19H25N7O2/c1-24-7-9-26(10-8-24)11-12-28-17-4-3-15-18(22-17)14(13-20-15)19(27)21-16-5-6-25(2)23-16/h3-6,13,20H,7-12H2,1-2H3,(H,21,23,27). The number of ether oxygens (including phenoxy) is 1. The summed E-state index contributed by atoms with van der Waals surface area (Å²) in [6, 6.07) is 5.45. The van der Waals surface area contributed by atoms with Crippen molar-refractivity contribution >= 4 is 22.8 Å². The van der Waals surface area contributed by atoms with Crippen LogP contribution in [0.4, 0.5) is 5.82 Å². The number of nitrogens with one attached hydrogen (secondary N) is 2. The average Bonchev–Trinajstić information content (AvgIpc) is 3.29. The molecule has 28 heavy (non-hydrogen) atoms. The minimum Gasteiger partial charge on any atom is -0.476 e. The second-order valence-electron chi connectivity index (χ2n) is 7.07. The Morgan fingerprint density at radius 2 is 2.04 bits per heavy atom. The van der Waals surface area contributed by atoms with Gasteiger partial charge in [-0.2, -0.15) is 5.10 Å². The number of H-pyrrole nitrogens is 1. The number of hydrogen-bond donors (Lipinski definition) is 2. The summed E-state index contributed by atoms with van der Waals surface area (Å²) in [6.07, 6.45) is 3.43. The number of carbonyl (C=O) groups is 1. The van der Waals surface area contributed by atoms with Crippen LogP contribution in [0.25, 0.3) is 11.0 Å². The molecule has 0 saturated carbocycles. The van der Waals surface area contributed by atoms with E-state index in [1.165, 1.54) is 0 Å². The van der Waals surface area contributed by atoms with E-state index in [4.69, 9.17) is 4.74 Å². The molecule has 0 bridgehead atoms. The van der Waals surface area contributed by atoms with E-state index in [-0.39, 0.29) is 5.91 Å². The molecule has 9 nitrogen and oxygen atoms in total. The molecule has 0 unspecified atom stereocenters. The molecule has 0 aromatic carbocycles. The highest BCUT2D eigenvalue weighted by atomic mass is 16.5. The first-order valence-electron chi connectivity index (χ1n) is 9.41. The Labute approximate surface area is 163 Å². The van der Waals surface area contributed by atoms with Crippen molar-refractivity contribution < 1.29 is 9.53 Å². The molecule has 9 heteroatoms. The molecule has 0 radical (unpaired) electrons. The van der Waals surface area contributed by atoms with Gasteiger partial charge < -0.3 is 19.9 Å². The van der Waals surface area contributed by atoms with Gasteiger partial charge in [-0.15, -0.1) is 0 Å². The van der Waals surface area contributed by atoms with Gasteiger partial charge >= 0.3 is 0 Å². The molecular weight excluding hydrogens is 358 g/mol. The molecule has 4 heterocycles. The molecule has 1 aliphatic rings. The van der Waals surface area contributed by atoms with Crippen LogP contribution in [0.1, 0.15) is 10.4 Å². The fourth-order valence-electron chi connectivity index (χ4n) is 3.25. The number of anilines is 1. The Kier molecular flexibility index (Phi) is 5.27. The lowest BCUT2D eigenvalue weighted by atomic mass is 10.2. The van der Waals surface area contributed by atoms with Crippen molar-refractivity contribution in [1.82, 2.24) is 29.5 Å². The number of fused-ring (bicyclic) bond motifs is 1. The molecule has 2 N–H and O–H groups in total. The summed E-state index contributed by atoms with van der Waals surface area (Å²) in [5, 5.41) is 6.95. The number of amides is 1. The Morgan fingerprint density at radius 3 is 2.79 bits per heavy atom. The number of rotatable bonds is 6. The molecule has 4 rings (SSSR count). The number of hydrogen-bond acceptors (Lipinski definition) is 6. The molecule has 0 spiro atoms. The second-order valence-corrected chi connectivity index (χ2v) is 7.07. The number of aryl methyl sites for hydroxylation is 1. The molecule has 1 fully saturated rings. The second kappa shape index (κ2) is 7.99. The zero-order valence-corrected chi connectivity index (χ0v) is 16.2. The van der Waals surface area contributed by atoms with E-state index >= 15 is 0 Å². The molecule has 148 valence electrons. The van der Waals surface area contributed by atoms with Crippen molar-refractivity contribution in [3.05, 3.63) is 36.2 Å². The lowest BCUT2D eigenvalue weighted by Crippen LogP contribution is -2.45. The Bertz CT molecular complexity index is 956. The SMILES string of the molecule is CN1CCN(CCOc2ccc3[nH]cc(C(=O)Nc4ccn(C)n4)c3n2)CC1. The van der Waals surface area contributed by atoms with E-state index < -0.39 is 0 Å². The van der Waals surface area contributed by atoms with Crippen LogP contribution >= 0.6 is 0 Å². The highest BCUT2D eigenvalue weighted by molar-refractivity contribution is 6.11. The highest BCUT2D eigenvalue weighted by Crippen LogP contribution is 2.20. The van der Waals surface area contributed by atoms with Gasteiger partial charge in [-0.3, -0.25) is 14.4 Å². The number of nitrogens with zero attached hydrogens (tertiary/aromatic N) is 5. The summed E-state index contributed by atoms with van der Waals surface area (Å²) in [6.45, 7) is 5.73. The Balaban J connectivity index is 1.40. The first-order valence-corrected chi connectivity index (χ1v) is 9.41. The number of aromatic amines is 1. The number of pyridine rings is 1. The smallest absolute Gasteiger partial charge is 0.260 e. The van der Waals surface area contributed by atoms with Crippen LogP contribution in [0.15, 0.2) is 30.6 Å². The normalized spacial score (nSPS) is 15.8. The minimum atomic E-state index is -0.257. The number of aromatic nitrogens is 4. The summed E-state index contributed by atoms with van der Waals surface area (Å²) < 4.78 is 7.48. The van der Waals surface area contributed by atoms with E-state index in [1.807, 2.05) is 12.1 Å². The van der Waals surface area contributed by atoms with E-state index in [0.29, 0.717) is 29.4 Å². The molecule has 1 aliphatic heterocycles. The molecule has 3 aromatic heterocycles. The number of piperazine rings is 1. The van der Waals surface area contributed by atoms with Crippen molar-refractivity contribution in [2.75, 3.05) is 51.7 Å². The van der Waals surface area contributed by atoms with Crippen LogP contribution in [0, 0.1) is 0 Å². The summed E-state index contributed by atoms with van der Waals surface area (Å²) in [7, 11) is 3.94. The van der Waals surface area contributed by atoms with Gasteiger partial charge in [0.25, 0.3) is 5.91 Å². The topological polar surface area (TPSA) is 91.3 Å². The van der Waals surface area contributed by atoms with Crippen LogP contribution < -0.4 is 10.1 Å². The maximum atomic E-state index is 12.6. The Morgan fingerprint density at radius 1 is 1.21 bits per heavy atom. The van der Waals surface area contributed by atoms with Gasteiger partial charge in [0.05, 0.1) is 11.1 Å². The highest BCUT2D eigenvalue weighted by Gasteiger charge is 2.16. The summed E-state index contributed by atoms with van der Waals surface area (Å²) in [4.78, 5) is 24.9. The number of likely N-dealkylation sites (N-methyl/N-ethyl adjacent to an activating group) is 1. The van der Waals surface area contributed by atoms with Gasteiger partial charge in [0.15, 0.2) is 5.82 Å². The summed E-state index contributed by atoms with van der Waals surface area (Å²) >= 11 is 0. The van der Waals surface area contributed by atoms with Gasteiger partial charge in [0.2, 0.25) is 5.88 Å². The largest absolute Gasteiger partial charge is 0.476 e. The zero-order chi connectivity index (χ0) is 19.5. The predicted molar refractivity (Wildman–Crippen MR) is 107 cm³/mol. The maximum absolute atomic E-state index is 12.6. The zero-order valence-electron chi connectivity index (χ0n) is 16.2. The molecule has 1 saturated heterocycles. The fraction of sp³-hybridized carbons (Fsp3) is 0.421. The van der Waals surface area contributed by atoms with E-state index in [1.54, 1.807) is 30.2 Å². The molecule has 0 aliphatic carbocycles. The van der Waals surface area contributed by atoms with E-state index in [2.05, 4.69) is 37.2 Å². The van der Waals surface area contributed by atoms with Gasteiger partial charge in [0, 0.05) is 64.3 Å². The lowest BCUT2D eigenvalue weighted by molar-refractivity contribution is 0.102. The van der Waals surface area contributed by atoms with Crippen molar-refractivity contribution in [3.63, 3.8) is 0 Å². The predicted octanol–water partition coefficient (Wildman–Crippen LogP) is 1.17. The third-order valence-corrected chi connectivity index (χ3v) is 4.95. The quantitative estimate of drug-likeness (QED) is 0.664. The van der Waals surface area contributed by atoms with Crippen molar-refractivity contribution in [3.8, 4) is 5.88 Å². The van der Waals surface area contributed by atoms with Crippen LogP contribution in [-0.2, 0) is 7.05 Å². The van der Waals surface area contributed by atoms with Crippen molar-refractivity contribution in [2.45, 2.75) is 0 Å². The van der Waals surface area contributed by atoms with Crippen molar-refractivity contribution in [2.24, 2.45) is 7.05 Å². The average molecular weight is 383 g/mol.